The van der Waals surface area contributed by atoms with E-state index in [0.29, 0.717) is 5.92 Å². The molecule has 0 saturated carbocycles. The predicted octanol–water partition coefficient (Wildman–Crippen LogP) is 1.68. The third kappa shape index (κ3) is 3.60. The second-order valence-electron chi connectivity index (χ2n) is 5.96. The van der Waals surface area contributed by atoms with Crippen LogP contribution in [0, 0.1) is 5.92 Å². The van der Waals surface area contributed by atoms with E-state index >= 15 is 0 Å². The lowest BCUT2D eigenvalue weighted by atomic mass is 9.98. The summed E-state index contributed by atoms with van der Waals surface area (Å²) in [5, 5.41) is 7.60. The molecule has 1 aromatic rings. The largest absolute Gasteiger partial charge is 0.338 e. The summed E-state index contributed by atoms with van der Waals surface area (Å²) >= 11 is 0. The number of carbonyl (C=O) groups excluding carboxylic acids is 1. The first kappa shape index (κ1) is 15.0. The molecule has 0 radical (unpaired) electrons. The fourth-order valence-electron chi connectivity index (χ4n) is 2.78. The predicted molar refractivity (Wildman–Crippen MR) is 79.4 cm³/mol. The molecular weight excluding hydrogens is 252 g/mol. The van der Waals surface area contributed by atoms with Gasteiger partial charge in [-0.2, -0.15) is 5.10 Å². The van der Waals surface area contributed by atoms with E-state index in [1.54, 1.807) is 10.9 Å². The Labute approximate surface area is 121 Å². The maximum atomic E-state index is 12.7. The van der Waals surface area contributed by atoms with E-state index in [9.17, 15) is 4.79 Å². The number of nitrogens with one attached hydrogen (secondary N) is 1. The highest BCUT2D eigenvalue weighted by molar-refractivity contribution is 5.80. The number of amides is 1. The molecule has 5 heteroatoms. The monoisotopic (exact) mass is 278 g/mol. The van der Waals surface area contributed by atoms with Gasteiger partial charge in [-0.3, -0.25) is 9.48 Å². The SMILES string of the molecule is CC(C)N(CC1CCCNC1)C(=O)C(C)n1cccn1. The standard InChI is InChI=1S/C15H26N4O/c1-12(2)18(11-14-6-4-7-16-10-14)15(20)13(3)19-9-5-8-17-19/h5,8-9,12-14,16H,4,6-7,10-11H2,1-3H3. The van der Waals surface area contributed by atoms with Crippen LogP contribution in [0.4, 0.5) is 0 Å². The van der Waals surface area contributed by atoms with Crippen molar-refractivity contribution >= 4 is 5.91 Å². The molecule has 2 atom stereocenters. The van der Waals surface area contributed by atoms with Gasteiger partial charge in [-0.05, 0) is 58.7 Å². The van der Waals surface area contributed by atoms with Crippen molar-refractivity contribution in [3.8, 4) is 0 Å². The van der Waals surface area contributed by atoms with E-state index in [-0.39, 0.29) is 18.0 Å². The minimum absolute atomic E-state index is 0.161. The minimum Gasteiger partial charge on any atom is -0.338 e. The van der Waals surface area contributed by atoms with Crippen molar-refractivity contribution in [2.75, 3.05) is 19.6 Å². The smallest absolute Gasteiger partial charge is 0.247 e. The van der Waals surface area contributed by atoms with Crippen LogP contribution in [0.1, 0.15) is 39.7 Å². The lowest BCUT2D eigenvalue weighted by molar-refractivity contribution is -0.137. The summed E-state index contributed by atoms with van der Waals surface area (Å²) in [7, 11) is 0. The van der Waals surface area contributed by atoms with Gasteiger partial charge in [0.25, 0.3) is 0 Å². The lowest BCUT2D eigenvalue weighted by Gasteiger charge is -2.34. The number of nitrogens with zero attached hydrogens (tertiary/aromatic N) is 3. The number of carbonyl (C=O) groups is 1. The van der Waals surface area contributed by atoms with Crippen molar-refractivity contribution in [1.29, 1.82) is 0 Å². The molecule has 1 fully saturated rings. The summed E-state index contributed by atoms with van der Waals surface area (Å²) in [4.78, 5) is 14.7. The van der Waals surface area contributed by atoms with E-state index in [4.69, 9.17) is 0 Å². The topological polar surface area (TPSA) is 50.2 Å². The zero-order valence-corrected chi connectivity index (χ0v) is 12.7. The van der Waals surface area contributed by atoms with Gasteiger partial charge in [0.2, 0.25) is 5.91 Å². The molecule has 2 unspecified atom stereocenters. The van der Waals surface area contributed by atoms with Crippen LogP contribution in [0.3, 0.4) is 0 Å². The first-order chi connectivity index (χ1) is 9.59. The third-order valence-electron chi connectivity index (χ3n) is 4.04. The second kappa shape index (κ2) is 6.88. The molecule has 112 valence electrons. The number of piperidine rings is 1. The first-order valence-corrected chi connectivity index (χ1v) is 7.60. The highest BCUT2D eigenvalue weighted by Gasteiger charge is 2.27. The van der Waals surface area contributed by atoms with Gasteiger partial charge in [-0.1, -0.05) is 0 Å². The van der Waals surface area contributed by atoms with Gasteiger partial charge >= 0.3 is 0 Å². The van der Waals surface area contributed by atoms with Gasteiger partial charge in [0.15, 0.2) is 0 Å². The van der Waals surface area contributed by atoms with Crippen LogP contribution in [0.5, 0.6) is 0 Å². The van der Waals surface area contributed by atoms with Crippen LogP contribution >= 0.6 is 0 Å². The highest BCUT2D eigenvalue weighted by Crippen LogP contribution is 2.17. The van der Waals surface area contributed by atoms with Gasteiger partial charge in [0.1, 0.15) is 6.04 Å². The summed E-state index contributed by atoms with van der Waals surface area (Å²) in [6.45, 7) is 9.06. The van der Waals surface area contributed by atoms with Crippen molar-refractivity contribution in [2.45, 2.75) is 45.7 Å². The van der Waals surface area contributed by atoms with Crippen LogP contribution in [0.2, 0.25) is 0 Å². The van der Waals surface area contributed by atoms with E-state index in [1.807, 2.05) is 24.1 Å². The molecule has 0 bridgehead atoms. The molecule has 2 rings (SSSR count). The first-order valence-electron chi connectivity index (χ1n) is 7.60. The van der Waals surface area contributed by atoms with Crippen LogP contribution in [-0.4, -0.2) is 46.3 Å². The van der Waals surface area contributed by atoms with Crippen LogP contribution in [0.15, 0.2) is 18.5 Å². The zero-order valence-electron chi connectivity index (χ0n) is 12.7. The molecule has 1 N–H and O–H groups in total. The van der Waals surface area contributed by atoms with Crippen molar-refractivity contribution < 1.29 is 4.79 Å². The third-order valence-corrected chi connectivity index (χ3v) is 4.04. The maximum Gasteiger partial charge on any atom is 0.247 e. The maximum absolute atomic E-state index is 12.7. The molecule has 1 aliphatic heterocycles. The van der Waals surface area contributed by atoms with Crippen molar-refractivity contribution in [3.63, 3.8) is 0 Å². The second-order valence-corrected chi connectivity index (χ2v) is 5.96. The van der Waals surface area contributed by atoms with Crippen molar-refractivity contribution in [3.05, 3.63) is 18.5 Å². The van der Waals surface area contributed by atoms with E-state index in [1.165, 1.54) is 12.8 Å². The molecule has 1 amide bonds. The van der Waals surface area contributed by atoms with Gasteiger partial charge in [-0.25, -0.2) is 0 Å². The van der Waals surface area contributed by atoms with Crippen molar-refractivity contribution in [1.82, 2.24) is 20.0 Å². The number of aromatic nitrogens is 2. The quantitative estimate of drug-likeness (QED) is 0.891. The molecule has 0 aromatic carbocycles. The molecule has 1 aliphatic rings. The summed E-state index contributed by atoms with van der Waals surface area (Å²) in [5.41, 5.74) is 0. The van der Waals surface area contributed by atoms with E-state index in [0.717, 1.165) is 19.6 Å². The van der Waals surface area contributed by atoms with Gasteiger partial charge in [0.05, 0.1) is 0 Å². The molecule has 2 heterocycles. The fourth-order valence-corrected chi connectivity index (χ4v) is 2.78. The normalized spacial score (nSPS) is 20.9. The Kier molecular flexibility index (Phi) is 5.17. The minimum atomic E-state index is -0.232. The van der Waals surface area contributed by atoms with Gasteiger partial charge < -0.3 is 10.2 Å². The van der Waals surface area contributed by atoms with Crippen LogP contribution < -0.4 is 5.32 Å². The van der Waals surface area contributed by atoms with Crippen LogP contribution in [-0.2, 0) is 4.79 Å². The average Bonchev–Trinajstić information content (AvgIpc) is 2.98. The van der Waals surface area contributed by atoms with Gasteiger partial charge in [-0.15, -0.1) is 0 Å². The zero-order chi connectivity index (χ0) is 14.5. The van der Waals surface area contributed by atoms with E-state index in [2.05, 4.69) is 24.3 Å². The van der Waals surface area contributed by atoms with Gasteiger partial charge in [0, 0.05) is 25.0 Å². The Hall–Kier alpha value is -1.36. The Morgan fingerprint density at radius 3 is 2.85 bits per heavy atom. The van der Waals surface area contributed by atoms with Crippen molar-refractivity contribution in [2.24, 2.45) is 5.92 Å². The molecular formula is C15H26N4O. The summed E-state index contributed by atoms with van der Waals surface area (Å²) < 4.78 is 1.73. The average molecular weight is 278 g/mol. The fraction of sp³-hybridized carbons (Fsp3) is 0.733. The highest BCUT2D eigenvalue weighted by atomic mass is 16.2. The Morgan fingerprint density at radius 2 is 2.30 bits per heavy atom. The van der Waals surface area contributed by atoms with E-state index < -0.39 is 0 Å². The molecule has 0 aliphatic carbocycles. The molecule has 1 aromatic heterocycles. The molecule has 20 heavy (non-hydrogen) atoms. The molecule has 5 nitrogen and oxygen atoms in total. The molecule has 0 spiro atoms. The summed E-state index contributed by atoms with van der Waals surface area (Å²) in [6, 6.07) is 1.85. The Balaban J connectivity index is 2.01. The number of hydrogen-bond acceptors (Lipinski definition) is 3. The Bertz CT molecular complexity index is 410. The van der Waals surface area contributed by atoms with Crippen LogP contribution in [0.25, 0.3) is 0 Å². The molecule has 1 saturated heterocycles. The lowest BCUT2D eigenvalue weighted by Crippen LogP contribution is -2.46. The number of hydrogen-bond donors (Lipinski definition) is 1. The summed E-state index contributed by atoms with van der Waals surface area (Å²) in [6.07, 6.45) is 5.98. The Morgan fingerprint density at radius 1 is 1.50 bits per heavy atom. The summed E-state index contributed by atoms with van der Waals surface area (Å²) in [5.74, 6) is 0.731. The number of rotatable bonds is 5.